The summed E-state index contributed by atoms with van der Waals surface area (Å²) in [6.07, 6.45) is 11.5. The molecule has 0 saturated heterocycles. The molecule has 1 aromatic carbocycles. The normalized spacial score (nSPS) is 13.8. The van der Waals surface area contributed by atoms with Crippen LogP contribution >= 0.6 is 0 Å². The maximum Gasteiger partial charge on any atom is 0.162 e. The fourth-order valence-corrected chi connectivity index (χ4v) is 2.34. The Kier molecular flexibility index (Phi) is 5.48. The minimum Gasteiger partial charge on any atom is -0.299 e. The predicted molar refractivity (Wildman–Crippen MR) is 80.6 cm³/mol. The maximum absolute atomic E-state index is 11.9. The van der Waals surface area contributed by atoms with Crippen LogP contribution < -0.4 is 0 Å². The van der Waals surface area contributed by atoms with Gasteiger partial charge in [-0.05, 0) is 12.8 Å². The van der Waals surface area contributed by atoms with E-state index < -0.39 is 0 Å². The predicted octanol–water partition coefficient (Wildman–Crippen LogP) is 4.13. The van der Waals surface area contributed by atoms with Crippen molar-refractivity contribution in [1.82, 2.24) is 0 Å². The van der Waals surface area contributed by atoms with Gasteiger partial charge in [-0.1, -0.05) is 61.1 Å². The summed E-state index contributed by atoms with van der Waals surface area (Å²) in [6.45, 7) is 0. The van der Waals surface area contributed by atoms with E-state index in [1.165, 1.54) is 0 Å². The van der Waals surface area contributed by atoms with Crippen LogP contribution in [0.4, 0.5) is 0 Å². The molecular formula is C18H20O2. The first kappa shape index (κ1) is 14.4. The van der Waals surface area contributed by atoms with Crippen molar-refractivity contribution in [2.75, 3.05) is 0 Å². The molecule has 0 N–H and O–H groups in total. The fraction of sp³-hybridized carbons (Fsp3) is 0.333. The summed E-state index contributed by atoms with van der Waals surface area (Å²) in [6, 6.07) is 9.38. The zero-order valence-corrected chi connectivity index (χ0v) is 11.6. The van der Waals surface area contributed by atoms with Crippen molar-refractivity contribution in [3.8, 4) is 0 Å². The smallest absolute Gasteiger partial charge is 0.162 e. The largest absolute Gasteiger partial charge is 0.299 e. The number of Topliss-reactive ketones (excluding diaryl/α,β-unsaturated/α-hetero) is 2. The van der Waals surface area contributed by atoms with Gasteiger partial charge >= 0.3 is 0 Å². The molecule has 104 valence electrons. The number of rotatable bonds is 8. The highest BCUT2D eigenvalue weighted by molar-refractivity contribution is 5.95. The Morgan fingerprint density at radius 2 is 1.50 bits per heavy atom. The molecule has 1 aliphatic carbocycles. The lowest BCUT2D eigenvalue weighted by Crippen LogP contribution is -2.07. The molecule has 0 heterocycles. The minimum absolute atomic E-state index is 0.0130. The number of ketones is 2. The molecule has 0 aliphatic heterocycles. The van der Waals surface area contributed by atoms with E-state index in [0.29, 0.717) is 12.8 Å². The molecule has 0 fully saturated rings. The summed E-state index contributed by atoms with van der Waals surface area (Å²) in [5, 5.41) is 0. The summed E-state index contributed by atoms with van der Waals surface area (Å²) < 4.78 is 0. The van der Waals surface area contributed by atoms with Crippen LogP contribution in [-0.4, -0.2) is 11.6 Å². The average molecular weight is 268 g/mol. The summed E-state index contributed by atoms with van der Waals surface area (Å²) in [5.41, 5.74) is 0.782. The summed E-state index contributed by atoms with van der Waals surface area (Å²) in [7, 11) is 0. The molecule has 0 unspecified atom stereocenters. The van der Waals surface area contributed by atoms with Crippen LogP contribution in [0.3, 0.4) is 0 Å². The monoisotopic (exact) mass is 268 g/mol. The van der Waals surface area contributed by atoms with Gasteiger partial charge < -0.3 is 0 Å². The molecule has 2 heteroatoms. The van der Waals surface area contributed by atoms with Crippen molar-refractivity contribution >= 4 is 11.6 Å². The summed E-state index contributed by atoms with van der Waals surface area (Å²) in [4.78, 5) is 23.7. The van der Waals surface area contributed by atoms with Gasteiger partial charge in [0.2, 0.25) is 0 Å². The van der Waals surface area contributed by atoms with E-state index in [9.17, 15) is 9.59 Å². The molecule has 0 spiro atoms. The molecule has 2 rings (SSSR count). The van der Waals surface area contributed by atoms with E-state index >= 15 is 0 Å². The van der Waals surface area contributed by atoms with Crippen LogP contribution in [0.1, 0.15) is 42.5 Å². The van der Waals surface area contributed by atoms with Crippen molar-refractivity contribution in [3.63, 3.8) is 0 Å². The third kappa shape index (κ3) is 4.30. The zero-order chi connectivity index (χ0) is 14.2. The Labute approximate surface area is 120 Å². The van der Waals surface area contributed by atoms with Gasteiger partial charge in [-0.3, -0.25) is 9.59 Å². The molecular weight excluding hydrogens is 248 g/mol. The standard InChI is InChI=1S/C18H20O2/c19-17(15-9-3-1-4-10-15)13-5-2-6-14-18(20)16-11-7-8-12-16/h1,3-4,7-12,16H,2,5-6,13-14H2. The highest BCUT2D eigenvalue weighted by Gasteiger charge is 2.13. The Morgan fingerprint density at radius 1 is 0.850 bits per heavy atom. The lowest BCUT2D eigenvalue weighted by atomic mass is 9.99. The van der Waals surface area contributed by atoms with Gasteiger partial charge in [0.05, 0.1) is 5.92 Å². The third-order valence-electron chi connectivity index (χ3n) is 3.54. The number of hydrogen-bond donors (Lipinski definition) is 0. The average Bonchev–Trinajstić information content (AvgIpc) is 3.01. The second kappa shape index (κ2) is 7.59. The molecule has 0 bridgehead atoms. The first-order valence-corrected chi connectivity index (χ1v) is 7.23. The zero-order valence-electron chi connectivity index (χ0n) is 11.6. The van der Waals surface area contributed by atoms with Crippen molar-refractivity contribution in [3.05, 3.63) is 60.2 Å². The van der Waals surface area contributed by atoms with Crippen LogP contribution in [0.25, 0.3) is 0 Å². The molecule has 0 saturated carbocycles. The van der Waals surface area contributed by atoms with Gasteiger partial charge in [-0.15, -0.1) is 0 Å². The Balaban J connectivity index is 1.60. The second-order valence-corrected chi connectivity index (χ2v) is 5.11. The van der Waals surface area contributed by atoms with Gasteiger partial charge in [-0.2, -0.15) is 0 Å². The van der Waals surface area contributed by atoms with Gasteiger partial charge in [0.1, 0.15) is 5.78 Å². The van der Waals surface area contributed by atoms with Crippen molar-refractivity contribution in [2.45, 2.75) is 32.1 Å². The SMILES string of the molecule is O=C(CCCCCC(=O)C1C=CC=C1)c1ccccc1. The topological polar surface area (TPSA) is 34.1 Å². The van der Waals surface area contributed by atoms with E-state index in [1.807, 2.05) is 54.6 Å². The van der Waals surface area contributed by atoms with Crippen molar-refractivity contribution in [2.24, 2.45) is 5.92 Å². The van der Waals surface area contributed by atoms with Gasteiger partial charge in [0, 0.05) is 18.4 Å². The highest BCUT2D eigenvalue weighted by atomic mass is 16.1. The molecule has 0 amide bonds. The van der Waals surface area contributed by atoms with E-state index in [0.717, 1.165) is 24.8 Å². The molecule has 0 atom stereocenters. The first-order chi connectivity index (χ1) is 9.77. The van der Waals surface area contributed by atoms with E-state index in [4.69, 9.17) is 0 Å². The molecule has 1 aliphatic rings. The molecule has 2 nitrogen and oxygen atoms in total. The van der Waals surface area contributed by atoms with Crippen LogP contribution in [0.5, 0.6) is 0 Å². The Morgan fingerprint density at radius 3 is 2.20 bits per heavy atom. The number of carbonyl (C=O) groups excluding carboxylic acids is 2. The van der Waals surface area contributed by atoms with Crippen LogP contribution in [0.15, 0.2) is 54.6 Å². The van der Waals surface area contributed by atoms with Gasteiger partial charge in [-0.25, -0.2) is 0 Å². The summed E-state index contributed by atoms with van der Waals surface area (Å²) >= 11 is 0. The Hall–Kier alpha value is -1.96. The lowest BCUT2D eigenvalue weighted by Gasteiger charge is -2.04. The van der Waals surface area contributed by atoms with E-state index in [1.54, 1.807) is 0 Å². The molecule has 0 radical (unpaired) electrons. The number of unbranched alkanes of at least 4 members (excludes halogenated alkanes) is 2. The maximum atomic E-state index is 11.9. The number of benzene rings is 1. The van der Waals surface area contributed by atoms with Crippen LogP contribution in [0.2, 0.25) is 0 Å². The number of carbonyl (C=O) groups is 2. The van der Waals surface area contributed by atoms with Crippen LogP contribution in [-0.2, 0) is 4.79 Å². The van der Waals surface area contributed by atoms with E-state index in [-0.39, 0.29) is 17.5 Å². The fourth-order valence-electron chi connectivity index (χ4n) is 2.34. The first-order valence-electron chi connectivity index (χ1n) is 7.23. The van der Waals surface area contributed by atoms with E-state index in [2.05, 4.69) is 0 Å². The second-order valence-electron chi connectivity index (χ2n) is 5.11. The number of allylic oxidation sites excluding steroid dienone is 4. The van der Waals surface area contributed by atoms with Crippen molar-refractivity contribution < 1.29 is 9.59 Å². The molecule has 0 aromatic heterocycles. The molecule has 20 heavy (non-hydrogen) atoms. The quantitative estimate of drug-likeness (QED) is 0.524. The minimum atomic E-state index is -0.0130. The number of hydrogen-bond acceptors (Lipinski definition) is 2. The Bertz CT molecular complexity index is 499. The molecule has 1 aromatic rings. The third-order valence-corrected chi connectivity index (χ3v) is 3.54. The summed E-state index contributed by atoms with van der Waals surface area (Å²) in [5.74, 6) is 0.462. The lowest BCUT2D eigenvalue weighted by molar-refractivity contribution is -0.120. The van der Waals surface area contributed by atoms with Gasteiger partial charge in [0.25, 0.3) is 0 Å². The van der Waals surface area contributed by atoms with Crippen LogP contribution in [0, 0.1) is 5.92 Å². The highest BCUT2D eigenvalue weighted by Crippen LogP contribution is 2.15. The van der Waals surface area contributed by atoms with Gasteiger partial charge in [0.15, 0.2) is 5.78 Å². The van der Waals surface area contributed by atoms with Crippen molar-refractivity contribution in [1.29, 1.82) is 0 Å².